The second kappa shape index (κ2) is 7.24. The fraction of sp³-hybridized carbons (Fsp3) is 1.00. The predicted octanol–water partition coefficient (Wildman–Crippen LogP) is 2.35. The molecule has 0 atom stereocenters. The largest absolute Gasteiger partial charge is 0.319 e. The highest BCUT2D eigenvalue weighted by molar-refractivity contribution is 4.81. The van der Waals surface area contributed by atoms with E-state index in [0.29, 0.717) is 5.41 Å². The van der Waals surface area contributed by atoms with E-state index in [1.165, 1.54) is 32.5 Å². The van der Waals surface area contributed by atoms with Crippen molar-refractivity contribution in [2.24, 2.45) is 5.41 Å². The molecule has 0 saturated heterocycles. The Kier molecular flexibility index (Phi) is 7.20. The van der Waals surface area contributed by atoms with Gasteiger partial charge in [0.15, 0.2) is 0 Å². The minimum absolute atomic E-state index is 0.473. The number of nitrogens with zero attached hydrogens (tertiary/aromatic N) is 1. The van der Waals surface area contributed by atoms with Crippen molar-refractivity contribution in [1.29, 1.82) is 0 Å². The van der Waals surface area contributed by atoms with Crippen molar-refractivity contribution in [3.63, 3.8) is 0 Å². The maximum Gasteiger partial charge on any atom is 0.00497 e. The average Bonchev–Trinajstić information content (AvgIpc) is 2.24. The van der Waals surface area contributed by atoms with E-state index in [2.05, 4.69) is 45.0 Å². The lowest BCUT2D eigenvalue weighted by Gasteiger charge is -2.36. The van der Waals surface area contributed by atoms with Gasteiger partial charge in [-0.25, -0.2) is 0 Å². The van der Waals surface area contributed by atoms with Crippen molar-refractivity contribution in [2.45, 2.75) is 40.5 Å². The summed E-state index contributed by atoms with van der Waals surface area (Å²) >= 11 is 0. The summed E-state index contributed by atoms with van der Waals surface area (Å²) in [5.41, 5.74) is 0.473. The molecule has 0 rings (SSSR count). The molecule has 14 heavy (non-hydrogen) atoms. The summed E-state index contributed by atoms with van der Waals surface area (Å²) < 4.78 is 0. The summed E-state index contributed by atoms with van der Waals surface area (Å²) in [6.07, 6.45) is 2.53. The Labute approximate surface area is 90.1 Å². The van der Waals surface area contributed by atoms with Crippen molar-refractivity contribution in [3.8, 4) is 0 Å². The van der Waals surface area contributed by atoms with Gasteiger partial charge >= 0.3 is 0 Å². The third-order valence-corrected chi connectivity index (χ3v) is 3.51. The monoisotopic (exact) mass is 200 g/mol. The van der Waals surface area contributed by atoms with E-state index < -0.39 is 0 Å². The molecule has 1 N–H and O–H groups in total. The first-order valence-electron chi connectivity index (χ1n) is 6.04. The van der Waals surface area contributed by atoms with Crippen LogP contribution in [-0.2, 0) is 0 Å². The lowest BCUT2D eigenvalue weighted by atomic mass is 9.81. The second-order valence-electron chi connectivity index (χ2n) is 4.20. The van der Waals surface area contributed by atoms with E-state index in [1.807, 2.05) is 0 Å². The van der Waals surface area contributed by atoms with Crippen LogP contribution in [0.1, 0.15) is 40.5 Å². The van der Waals surface area contributed by atoms with Crippen LogP contribution in [0, 0.1) is 5.41 Å². The highest BCUT2D eigenvalue weighted by atomic mass is 15.1. The normalized spacial score (nSPS) is 12.4. The van der Waals surface area contributed by atoms with Gasteiger partial charge in [-0.2, -0.15) is 0 Å². The van der Waals surface area contributed by atoms with Crippen molar-refractivity contribution < 1.29 is 0 Å². The minimum Gasteiger partial charge on any atom is -0.319 e. The van der Waals surface area contributed by atoms with Crippen LogP contribution in [-0.4, -0.2) is 38.1 Å². The smallest absolute Gasteiger partial charge is 0.00497 e. The SMILES string of the molecule is CCN(CC)CC(CC)(CC)CNC. The summed E-state index contributed by atoms with van der Waals surface area (Å²) in [5.74, 6) is 0. The van der Waals surface area contributed by atoms with Crippen LogP contribution in [0.2, 0.25) is 0 Å². The molecule has 0 aromatic carbocycles. The van der Waals surface area contributed by atoms with E-state index >= 15 is 0 Å². The first kappa shape index (κ1) is 13.9. The summed E-state index contributed by atoms with van der Waals surface area (Å²) in [4.78, 5) is 2.53. The highest BCUT2D eigenvalue weighted by Crippen LogP contribution is 2.26. The van der Waals surface area contributed by atoms with E-state index in [9.17, 15) is 0 Å². The van der Waals surface area contributed by atoms with Gasteiger partial charge in [0.25, 0.3) is 0 Å². The zero-order valence-corrected chi connectivity index (χ0v) is 10.7. The Bertz CT molecular complexity index is 126. The van der Waals surface area contributed by atoms with E-state index in [-0.39, 0.29) is 0 Å². The van der Waals surface area contributed by atoms with Gasteiger partial charge in [-0.15, -0.1) is 0 Å². The zero-order valence-electron chi connectivity index (χ0n) is 10.7. The van der Waals surface area contributed by atoms with Crippen LogP contribution in [0.25, 0.3) is 0 Å². The molecule has 2 heteroatoms. The lowest BCUT2D eigenvalue weighted by molar-refractivity contribution is 0.146. The van der Waals surface area contributed by atoms with Crippen LogP contribution in [0.15, 0.2) is 0 Å². The quantitative estimate of drug-likeness (QED) is 0.647. The van der Waals surface area contributed by atoms with Gasteiger partial charge < -0.3 is 10.2 Å². The van der Waals surface area contributed by atoms with Crippen LogP contribution < -0.4 is 5.32 Å². The summed E-state index contributed by atoms with van der Waals surface area (Å²) in [6, 6.07) is 0. The Balaban J connectivity index is 4.31. The van der Waals surface area contributed by atoms with Gasteiger partial charge in [0, 0.05) is 13.1 Å². The number of nitrogens with one attached hydrogen (secondary N) is 1. The molecule has 0 aromatic rings. The van der Waals surface area contributed by atoms with Crippen molar-refractivity contribution in [1.82, 2.24) is 10.2 Å². The average molecular weight is 200 g/mol. The fourth-order valence-corrected chi connectivity index (χ4v) is 2.08. The first-order chi connectivity index (χ1) is 6.67. The lowest BCUT2D eigenvalue weighted by Crippen LogP contribution is -2.42. The van der Waals surface area contributed by atoms with Gasteiger partial charge in [-0.1, -0.05) is 27.7 Å². The maximum atomic E-state index is 3.34. The molecule has 0 unspecified atom stereocenters. The highest BCUT2D eigenvalue weighted by Gasteiger charge is 2.26. The maximum absolute atomic E-state index is 3.34. The Morgan fingerprint density at radius 3 is 1.79 bits per heavy atom. The molecule has 86 valence electrons. The molecule has 0 bridgehead atoms. The van der Waals surface area contributed by atoms with Crippen LogP contribution in [0.4, 0.5) is 0 Å². The number of hydrogen-bond donors (Lipinski definition) is 1. The Morgan fingerprint density at radius 1 is 1.00 bits per heavy atom. The number of hydrogen-bond acceptors (Lipinski definition) is 2. The first-order valence-corrected chi connectivity index (χ1v) is 6.04. The molecular weight excluding hydrogens is 172 g/mol. The zero-order chi connectivity index (χ0) is 11.0. The topological polar surface area (TPSA) is 15.3 Å². The van der Waals surface area contributed by atoms with Gasteiger partial charge in [-0.05, 0) is 38.4 Å². The molecule has 2 nitrogen and oxygen atoms in total. The molecule has 0 radical (unpaired) electrons. The molecule has 0 saturated carbocycles. The molecule has 0 amide bonds. The molecule has 0 aliphatic heterocycles. The standard InChI is InChI=1S/C12H28N2/c1-6-12(7-2,10-13-5)11-14(8-3)9-4/h13H,6-11H2,1-5H3. The predicted molar refractivity (Wildman–Crippen MR) is 64.7 cm³/mol. The molecule has 0 spiro atoms. The molecule has 0 fully saturated rings. The van der Waals surface area contributed by atoms with Crippen LogP contribution >= 0.6 is 0 Å². The molecule has 0 aliphatic carbocycles. The van der Waals surface area contributed by atoms with Crippen molar-refractivity contribution >= 4 is 0 Å². The summed E-state index contributed by atoms with van der Waals surface area (Å²) in [7, 11) is 2.06. The second-order valence-corrected chi connectivity index (χ2v) is 4.20. The molecule has 0 aromatic heterocycles. The molecular formula is C12H28N2. The minimum atomic E-state index is 0.473. The summed E-state index contributed by atoms with van der Waals surface area (Å²) in [5, 5.41) is 3.34. The summed E-state index contributed by atoms with van der Waals surface area (Å²) in [6.45, 7) is 13.8. The van der Waals surface area contributed by atoms with Gasteiger partial charge in [0.05, 0.1) is 0 Å². The number of rotatable bonds is 8. The molecule has 0 heterocycles. The fourth-order valence-electron chi connectivity index (χ4n) is 2.08. The van der Waals surface area contributed by atoms with Crippen LogP contribution in [0.5, 0.6) is 0 Å². The van der Waals surface area contributed by atoms with Gasteiger partial charge in [0.1, 0.15) is 0 Å². The Hall–Kier alpha value is -0.0800. The molecule has 0 aliphatic rings. The van der Waals surface area contributed by atoms with E-state index in [4.69, 9.17) is 0 Å². The van der Waals surface area contributed by atoms with Crippen molar-refractivity contribution in [3.05, 3.63) is 0 Å². The van der Waals surface area contributed by atoms with Crippen LogP contribution in [0.3, 0.4) is 0 Å². The third kappa shape index (κ3) is 3.97. The van der Waals surface area contributed by atoms with E-state index in [1.54, 1.807) is 0 Å². The van der Waals surface area contributed by atoms with E-state index in [0.717, 1.165) is 6.54 Å². The van der Waals surface area contributed by atoms with Gasteiger partial charge in [-0.3, -0.25) is 0 Å². The van der Waals surface area contributed by atoms with Crippen molar-refractivity contribution in [2.75, 3.05) is 33.2 Å². The Morgan fingerprint density at radius 2 is 1.50 bits per heavy atom. The third-order valence-electron chi connectivity index (χ3n) is 3.51. The van der Waals surface area contributed by atoms with Gasteiger partial charge in [0.2, 0.25) is 0 Å².